The van der Waals surface area contributed by atoms with Crippen LogP contribution in [0.5, 0.6) is 0 Å². The van der Waals surface area contributed by atoms with Gasteiger partial charge in [-0.3, -0.25) is 14.2 Å². The number of carbonyl (C=O) groups is 1. The summed E-state index contributed by atoms with van der Waals surface area (Å²) in [7, 11) is 0. The molecule has 2 heterocycles. The third-order valence-corrected chi connectivity index (χ3v) is 7.12. The van der Waals surface area contributed by atoms with Crippen LogP contribution >= 0.6 is 23.4 Å². The molecule has 3 aromatic carbocycles. The molecule has 1 aliphatic rings. The van der Waals surface area contributed by atoms with Crippen molar-refractivity contribution in [3.8, 4) is 5.69 Å². The average Bonchev–Trinajstić information content (AvgIpc) is 3.14. The third-order valence-electron chi connectivity index (χ3n) is 5.96. The highest BCUT2D eigenvalue weighted by Gasteiger charge is 2.30. The molecule has 0 spiro atoms. The topological polar surface area (TPSA) is 55.2 Å². The summed E-state index contributed by atoms with van der Waals surface area (Å²) in [5.41, 5.74) is 4.18. The van der Waals surface area contributed by atoms with Gasteiger partial charge in [0.15, 0.2) is 5.16 Å². The van der Waals surface area contributed by atoms with E-state index in [0.717, 1.165) is 23.4 Å². The molecule has 0 saturated carbocycles. The van der Waals surface area contributed by atoms with Crippen LogP contribution in [0.3, 0.4) is 0 Å². The predicted molar refractivity (Wildman–Crippen MR) is 135 cm³/mol. The number of hydrogen-bond acceptors (Lipinski definition) is 4. The number of para-hydroxylation sites is 2. The van der Waals surface area contributed by atoms with Gasteiger partial charge in [0.2, 0.25) is 5.91 Å². The standard InChI is InChI=1S/C26H22ClN3O2S/c1-16-7-3-5-9-22(16)30-25(32)20-12-11-19(27)14-21(20)28-26(30)33-15-24(31)29-17(2)13-18-8-4-6-10-23(18)29/h3-12,14,17H,13,15H2,1-2H3. The second-order valence-electron chi connectivity index (χ2n) is 8.22. The van der Waals surface area contributed by atoms with Crippen molar-refractivity contribution in [2.45, 2.75) is 31.5 Å². The minimum atomic E-state index is -0.180. The van der Waals surface area contributed by atoms with E-state index in [1.165, 1.54) is 17.3 Å². The maximum Gasteiger partial charge on any atom is 0.266 e. The number of rotatable bonds is 4. The SMILES string of the molecule is Cc1ccccc1-n1c(SCC(=O)N2c3ccccc3CC2C)nc2cc(Cl)ccc2c1=O. The zero-order chi connectivity index (χ0) is 23.1. The van der Waals surface area contributed by atoms with Crippen LogP contribution in [0.25, 0.3) is 16.6 Å². The van der Waals surface area contributed by atoms with Gasteiger partial charge in [-0.25, -0.2) is 4.98 Å². The van der Waals surface area contributed by atoms with E-state index in [1.54, 1.807) is 22.8 Å². The summed E-state index contributed by atoms with van der Waals surface area (Å²) in [4.78, 5) is 33.4. The Hall–Kier alpha value is -3.09. The van der Waals surface area contributed by atoms with E-state index in [0.29, 0.717) is 21.1 Å². The number of halogens is 1. The Kier molecular flexibility index (Phi) is 5.72. The summed E-state index contributed by atoms with van der Waals surface area (Å²) in [6.45, 7) is 4.01. The molecule has 5 nitrogen and oxygen atoms in total. The zero-order valence-corrected chi connectivity index (χ0v) is 19.9. The largest absolute Gasteiger partial charge is 0.308 e. The van der Waals surface area contributed by atoms with Crippen molar-refractivity contribution in [1.29, 1.82) is 0 Å². The molecule has 0 fully saturated rings. The second-order valence-corrected chi connectivity index (χ2v) is 9.60. The number of fused-ring (bicyclic) bond motifs is 2. The first kappa shape index (κ1) is 21.7. The summed E-state index contributed by atoms with van der Waals surface area (Å²) >= 11 is 7.44. The smallest absolute Gasteiger partial charge is 0.266 e. The number of nitrogens with zero attached hydrogens (tertiary/aromatic N) is 3. The van der Waals surface area contributed by atoms with Gasteiger partial charge in [0.05, 0.1) is 22.3 Å². The summed E-state index contributed by atoms with van der Waals surface area (Å²) in [5, 5.41) is 1.47. The van der Waals surface area contributed by atoms with Crippen molar-refractivity contribution in [1.82, 2.24) is 9.55 Å². The van der Waals surface area contributed by atoms with E-state index in [2.05, 4.69) is 13.0 Å². The lowest BCUT2D eigenvalue weighted by Gasteiger charge is -2.23. The number of aromatic nitrogens is 2. The van der Waals surface area contributed by atoms with Crippen LogP contribution < -0.4 is 10.5 Å². The molecule has 0 radical (unpaired) electrons. The highest BCUT2D eigenvalue weighted by atomic mass is 35.5. The molecular weight excluding hydrogens is 454 g/mol. The van der Waals surface area contributed by atoms with Gasteiger partial charge in [-0.15, -0.1) is 0 Å². The average molecular weight is 476 g/mol. The van der Waals surface area contributed by atoms with Gasteiger partial charge in [-0.05, 0) is 61.7 Å². The van der Waals surface area contributed by atoms with E-state index in [-0.39, 0.29) is 23.3 Å². The highest BCUT2D eigenvalue weighted by molar-refractivity contribution is 7.99. The Balaban J connectivity index is 1.55. The number of hydrogen-bond donors (Lipinski definition) is 0. The van der Waals surface area contributed by atoms with E-state index < -0.39 is 0 Å². The summed E-state index contributed by atoms with van der Waals surface area (Å²) < 4.78 is 1.60. The predicted octanol–water partition coefficient (Wildman–Crippen LogP) is 5.42. The molecule has 1 atom stereocenters. The van der Waals surface area contributed by atoms with Gasteiger partial charge in [0.25, 0.3) is 5.56 Å². The van der Waals surface area contributed by atoms with Gasteiger partial charge < -0.3 is 4.90 Å². The Morgan fingerprint density at radius 1 is 1.09 bits per heavy atom. The molecule has 7 heteroatoms. The number of aryl methyl sites for hydroxylation is 1. The van der Waals surface area contributed by atoms with Crippen LogP contribution in [-0.2, 0) is 11.2 Å². The summed E-state index contributed by atoms with van der Waals surface area (Å²) in [6.07, 6.45) is 0.840. The van der Waals surface area contributed by atoms with Crippen LogP contribution in [0, 0.1) is 6.92 Å². The molecule has 0 aliphatic carbocycles. The molecule has 5 rings (SSSR count). The molecule has 0 saturated heterocycles. The number of thioether (sulfide) groups is 1. The molecule has 33 heavy (non-hydrogen) atoms. The van der Waals surface area contributed by atoms with Gasteiger partial charge in [0.1, 0.15) is 0 Å². The monoisotopic (exact) mass is 475 g/mol. The normalized spacial score (nSPS) is 15.1. The fourth-order valence-electron chi connectivity index (χ4n) is 4.40. The van der Waals surface area contributed by atoms with Gasteiger partial charge in [-0.2, -0.15) is 0 Å². The summed E-state index contributed by atoms with van der Waals surface area (Å²) in [5.74, 6) is 0.164. The first-order chi connectivity index (χ1) is 15.9. The van der Waals surface area contributed by atoms with Crippen LogP contribution in [0.4, 0.5) is 5.69 Å². The minimum absolute atomic E-state index is 0.00535. The molecule has 0 bridgehead atoms. The molecule has 1 aromatic heterocycles. The van der Waals surface area contributed by atoms with E-state index in [9.17, 15) is 9.59 Å². The lowest BCUT2D eigenvalue weighted by molar-refractivity contribution is -0.116. The molecule has 166 valence electrons. The van der Waals surface area contributed by atoms with E-state index in [1.807, 2.05) is 54.3 Å². The molecule has 1 unspecified atom stereocenters. The quantitative estimate of drug-likeness (QED) is 0.292. The minimum Gasteiger partial charge on any atom is -0.308 e. The lowest BCUT2D eigenvalue weighted by Crippen LogP contribution is -2.37. The fraction of sp³-hybridized carbons (Fsp3) is 0.192. The van der Waals surface area contributed by atoms with Crippen molar-refractivity contribution < 1.29 is 4.79 Å². The Morgan fingerprint density at radius 2 is 1.82 bits per heavy atom. The Bertz CT molecular complexity index is 1450. The number of amides is 1. The van der Waals surface area contributed by atoms with Crippen molar-refractivity contribution in [2.75, 3.05) is 10.7 Å². The van der Waals surface area contributed by atoms with E-state index in [4.69, 9.17) is 16.6 Å². The lowest BCUT2D eigenvalue weighted by atomic mass is 10.1. The molecular formula is C26H22ClN3O2S. The Morgan fingerprint density at radius 3 is 2.61 bits per heavy atom. The van der Waals surface area contributed by atoms with Crippen LogP contribution in [0.1, 0.15) is 18.1 Å². The van der Waals surface area contributed by atoms with Crippen molar-refractivity contribution >= 4 is 45.9 Å². The molecule has 4 aromatic rings. The third kappa shape index (κ3) is 3.94. The first-order valence-corrected chi connectivity index (χ1v) is 12.1. The van der Waals surface area contributed by atoms with Crippen LogP contribution in [0.2, 0.25) is 5.02 Å². The fourth-order valence-corrected chi connectivity index (χ4v) is 5.43. The second kappa shape index (κ2) is 8.69. The van der Waals surface area contributed by atoms with E-state index >= 15 is 0 Å². The van der Waals surface area contributed by atoms with Gasteiger partial charge in [-0.1, -0.05) is 59.8 Å². The molecule has 0 N–H and O–H groups in total. The number of benzene rings is 3. The zero-order valence-electron chi connectivity index (χ0n) is 18.3. The maximum atomic E-state index is 13.5. The number of carbonyl (C=O) groups excluding carboxylic acids is 1. The Labute approximate surface area is 201 Å². The van der Waals surface area contributed by atoms with Crippen LogP contribution in [0.15, 0.2) is 76.7 Å². The van der Waals surface area contributed by atoms with Crippen molar-refractivity contribution in [3.63, 3.8) is 0 Å². The first-order valence-electron chi connectivity index (χ1n) is 10.7. The van der Waals surface area contributed by atoms with Crippen molar-refractivity contribution in [2.24, 2.45) is 0 Å². The maximum absolute atomic E-state index is 13.5. The number of anilines is 1. The van der Waals surface area contributed by atoms with Gasteiger partial charge in [0, 0.05) is 16.8 Å². The molecule has 1 amide bonds. The summed E-state index contributed by atoms with van der Waals surface area (Å²) in [6, 6.07) is 20.8. The van der Waals surface area contributed by atoms with Crippen LogP contribution in [-0.4, -0.2) is 27.3 Å². The highest BCUT2D eigenvalue weighted by Crippen LogP contribution is 2.33. The van der Waals surface area contributed by atoms with Crippen molar-refractivity contribution in [3.05, 3.63) is 93.2 Å². The molecule has 1 aliphatic heterocycles. The van der Waals surface area contributed by atoms with Gasteiger partial charge >= 0.3 is 0 Å².